The molecule has 1 heterocycles. The number of aliphatic hydroxyl groups is 1. The summed E-state index contributed by atoms with van der Waals surface area (Å²) in [6.45, 7) is 4.34. The maximum absolute atomic E-state index is 12.2. The van der Waals surface area contributed by atoms with E-state index in [1.807, 2.05) is 54.6 Å². The summed E-state index contributed by atoms with van der Waals surface area (Å²) in [4.78, 5) is 2.40. The van der Waals surface area contributed by atoms with Crippen LogP contribution in [0.25, 0.3) is 0 Å². The van der Waals surface area contributed by atoms with Gasteiger partial charge >= 0.3 is 0 Å². The second-order valence-corrected chi connectivity index (χ2v) is 8.38. The van der Waals surface area contributed by atoms with Gasteiger partial charge in [-0.3, -0.25) is 4.90 Å². The molecule has 30 heavy (non-hydrogen) atoms. The van der Waals surface area contributed by atoms with Crippen LogP contribution in [0.5, 0.6) is 0 Å². The van der Waals surface area contributed by atoms with E-state index in [0.29, 0.717) is 0 Å². The molecule has 5 unspecified atom stereocenters. The van der Waals surface area contributed by atoms with Gasteiger partial charge in [0.15, 0.2) is 0 Å². The summed E-state index contributed by atoms with van der Waals surface area (Å²) < 4.78 is 0. The lowest BCUT2D eigenvalue weighted by molar-refractivity contribution is -0.0903. The van der Waals surface area contributed by atoms with E-state index < -0.39 is 5.60 Å². The molecule has 5 atom stereocenters. The van der Waals surface area contributed by atoms with Crippen LogP contribution in [-0.2, 0) is 0 Å². The standard InChI is InChI=1S/C28H29NO/c1-21-27(25-17-11-6-12-18-25)29(3)22(2)26(24-15-9-5-10-16-24)28(21,30)20-19-23-13-7-4-8-14-23/h4-18,21-22,26-27,30H,1-3H3. The van der Waals surface area contributed by atoms with Gasteiger partial charge in [-0.25, -0.2) is 0 Å². The minimum atomic E-state index is -1.16. The summed E-state index contributed by atoms with van der Waals surface area (Å²) in [6, 6.07) is 30.9. The molecule has 2 heteroatoms. The molecule has 0 saturated carbocycles. The van der Waals surface area contributed by atoms with Crippen LogP contribution >= 0.6 is 0 Å². The number of benzene rings is 3. The molecule has 0 amide bonds. The van der Waals surface area contributed by atoms with Crippen molar-refractivity contribution >= 4 is 0 Å². The highest BCUT2D eigenvalue weighted by atomic mass is 16.3. The maximum Gasteiger partial charge on any atom is 0.138 e. The Kier molecular flexibility index (Phi) is 5.77. The molecule has 3 aromatic carbocycles. The van der Waals surface area contributed by atoms with E-state index in [0.717, 1.165) is 11.1 Å². The van der Waals surface area contributed by atoms with E-state index in [1.165, 1.54) is 5.56 Å². The van der Waals surface area contributed by atoms with Crippen molar-refractivity contribution in [2.75, 3.05) is 7.05 Å². The summed E-state index contributed by atoms with van der Waals surface area (Å²) in [7, 11) is 2.17. The number of hydrogen-bond acceptors (Lipinski definition) is 2. The van der Waals surface area contributed by atoms with Gasteiger partial charge in [0.2, 0.25) is 0 Å². The second kappa shape index (κ2) is 8.48. The number of hydrogen-bond donors (Lipinski definition) is 1. The molecule has 3 aromatic rings. The van der Waals surface area contributed by atoms with Gasteiger partial charge in [-0.05, 0) is 37.2 Å². The lowest BCUT2D eigenvalue weighted by Gasteiger charge is -2.54. The normalized spacial score (nSPS) is 29.1. The fourth-order valence-electron chi connectivity index (χ4n) is 4.99. The van der Waals surface area contributed by atoms with Gasteiger partial charge in [0.1, 0.15) is 5.60 Å². The fraction of sp³-hybridized carbons (Fsp3) is 0.286. The minimum Gasteiger partial charge on any atom is -0.377 e. The lowest BCUT2D eigenvalue weighted by atomic mass is 9.64. The number of nitrogens with zero attached hydrogens (tertiary/aromatic N) is 1. The van der Waals surface area contributed by atoms with Crippen LogP contribution < -0.4 is 0 Å². The van der Waals surface area contributed by atoms with Crippen molar-refractivity contribution in [3.8, 4) is 11.8 Å². The van der Waals surface area contributed by atoms with E-state index in [4.69, 9.17) is 0 Å². The Morgan fingerprint density at radius 2 is 1.27 bits per heavy atom. The number of likely N-dealkylation sites (N-methyl/N-ethyl adjacent to an activating group) is 1. The van der Waals surface area contributed by atoms with Crippen molar-refractivity contribution in [1.29, 1.82) is 0 Å². The highest BCUT2D eigenvalue weighted by Crippen LogP contribution is 2.50. The van der Waals surface area contributed by atoms with Crippen molar-refractivity contribution in [2.45, 2.75) is 37.5 Å². The van der Waals surface area contributed by atoms with Gasteiger partial charge in [-0.15, -0.1) is 0 Å². The molecule has 4 rings (SSSR count). The third-order valence-electron chi connectivity index (χ3n) is 6.69. The van der Waals surface area contributed by atoms with Crippen LogP contribution in [0.2, 0.25) is 0 Å². The van der Waals surface area contributed by atoms with Crippen molar-refractivity contribution < 1.29 is 5.11 Å². The van der Waals surface area contributed by atoms with Crippen molar-refractivity contribution in [3.05, 3.63) is 108 Å². The first-order valence-corrected chi connectivity index (χ1v) is 10.6. The molecule has 1 aliphatic heterocycles. The quantitative estimate of drug-likeness (QED) is 0.598. The van der Waals surface area contributed by atoms with Gasteiger partial charge in [0, 0.05) is 29.5 Å². The van der Waals surface area contributed by atoms with Gasteiger partial charge in [0.25, 0.3) is 0 Å². The molecule has 0 aromatic heterocycles. The predicted molar refractivity (Wildman–Crippen MR) is 123 cm³/mol. The van der Waals surface area contributed by atoms with E-state index in [2.05, 4.69) is 74.0 Å². The monoisotopic (exact) mass is 395 g/mol. The Labute approximate surface area is 180 Å². The Bertz CT molecular complexity index is 1020. The van der Waals surface area contributed by atoms with Crippen LogP contribution in [0.1, 0.15) is 42.5 Å². The van der Waals surface area contributed by atoms with Gasteiger partial charge in [0.05, 0.1) is 0 Å². The van der Waals surface area contributed by atoms with Crippen LogP contribution in [0.15, 0.2) is 91.0 Å². The largest absolute Gasteiger partial charge is 0.377 e. The average Bonchev–Trinajstić information content (AvgIpc) is 2.79. The SMILES string of the molecule is CC1C(c2ccccc2)C(O)(C#Cc2ccccc2)C(C)C(c2ccccc2)N1C. The molecule has 0 spiro atoms. The van der Waals surface area contributed by atoms with E-state index >= 15 is 0 Å². The summed E-state index contributed by atoms with van der Waals surface area (Å²) >= 11 is 0. The third kappa shape index (κ3) is 3.67. The van der Waals surface area contributed by atoms with E-state index in [9.17, 15) is 5.11 Å². The van der Waals surface area contributed by atoms with E-state index in [1.54, 1.807) is 0 Å². The zero-order valence-corrected chi connectivity index (χ0v) is 17.9. The molecule has 1 N–H and O–H groups in total. The Hall–Kier alpha value is -2.86. The topological polar surface area (TPSA) is 23.5 Å². The lowest BCUT2D eigenvalue weighted by Crippen LogP contribution is -2.59. The molecule has 0 aliphatic carbocycles. The summed E-state index contributed by atoms with van der Waals surface area (Å²) in [5.74, 6) is 6.42. The minimum absolute atomic E-state index is 0.0798. The molecule has 2 nitrogen and oxygen atoms in total. The first-order valence-electron chi connectivity index (χ1n) is 10.6. The van der Waals surface area contributed by atoms with Crippen molar-refractivity contribution in [3.63, 3.8) is 0 Å². The number of piperidine rings is 1. The van der Waals surface area contributed by atoms with Gasteiger partial charge in [-0.1, -0.05) is 97.6 Å². The van der Waals surface area contributed by atoms with Crippen LogP contribution in [0.3, 0.4) is 0 Å². The van der Waals surface area contributed by atoms with Crippen LogP contribution in [0, 0.1) is 17.8 Å². The molecule has 1 fully saturated rings. The van der Waals surface area contributed by atoms with Gasteiger partial charge in [-0.2, -0.15) is 0 Å². The highest BCUT2D eigenvalue weighted by molar-refractivity contribution is 5.42. The first kappa shape index (κ1) is 20.4. The third-order valence-corrected chi connectivity index (χ3v) is 6.69. The van der Waals surface area contributed by atoms with Crippen LogP contribution in [0.4, 0.5) is 0 Å². The zero-order valence-electron chi connectivity index (χ0n) is 17.9. The van der Waals surface area contributed by atoms with Crippen molar-refractivity contribution in [1.82, 2.24) is 4.90 Å². The Morgan fingerprint density at radius 3 is 1.83 bits per heavy atom. The smallest absolute Gasteiger partial charge is 0.138 e. The molecule has 0 radical (unpaired) electrons. The molecule has 152 valence electrons. The highest BCUT2D eigenvalue weighted by Gasteiger charge is 2.54. The molecule has 1 aliphatic rings. The average molecular weight is 396 g/mol. The first-order chi connectivity index (χ1) is 14.5. The summed E-state index contributed by atoms with van der Waals surface area (Å²) in [6.07, 6.45) is 0. The predicted octanol–water partition coefficient (Wildman–Crippen LogP) is 5.26. The van der Waals surface area contributed by atoms with Gasteiger partial charge < -0.3 is 5.11 Å². The number of likely N-dealkylation sites (tertiary alicyclic amines) is 1. The maximum atomic E-state index is 12.2. The zero-order chi connectivity index (χ0) is 21.1. The number of rotatable bonds is 2. The molecule has 0 bridgehead atoms. The van der Waals surface area contributed by atoms with Crippen LogP contribution in [-0.4, -0.2) is 28.7 Å². The van der Waals surface area contributed by atoms with E-state index in [-0.39, 0.29) is 23.9 Å². The molecule has 1 saturated heterocycles. The summed E-state index contributed by atoms with van der Waals surface area (Å²) in [5.41, 5.74) is 2.10. The molecular formula is C28H29NO. The summed E-state index contributed by atoms with van der Waals surface area (Å²) in [5, 5.41) is 12.2. The Morgan fingerprint density at radius 1 is 0.767 bits per heavy atom. The molecular weight excluding hydrogens is 366 g/mol. The fourth-order valence-corrected chi connectivity index (χ4v) is 4.99. The van der Waals surface area contributed by atoms with Crippen molar-refractivity contribution in [2.24, 2.45) is 5.92 Å². The second-order valence-electron chi connectivity index (χ2n) is 8.38. The Balaban J connectivity index is 1.85.